The number of halogens is 1. The lowest BCUT2D eigenvalue weighted by Gasteiger charge is -2.06. The third-order valence-electron chi connectivity index (χ3n) is 2.96. The molecule has 0 aliphatic rings. The van der Waals surface area contributed by atoms with E-state index < -0.39 is 0 Å². The van der Waals surface area contributed by atoms with Crippen LogP contribution in [0.2, 0.25) is 0 Å². The normalized spacial score (nSPS) is 10.7. The molecule has 4 heteroatoms. The van der Waals surface area contributed by atoms with Gasteiger partial charge in [0.2, 0.25) is 0 Å². The Kier molecular flexibility index (Phi) is 4.74. The van der Waals surface area contributed by atoms with Gasteiger partial charge in [0.1, 0.15) is 5.82 Å². The van der Waals surface area contributed by atoms with Crippen molar-refractivity contribution in [2.24, 2.45) is 0 Å². The van der Waals surface area contributed by atoms with Crippen LogP contribution in [0.5, 0.6) is 0 Å². The maximum Gasteiger partial charge on any atom is 0.264 e. The fourth-order valence-electron chi connectivity index (χ4n) is 1.94. The first-order valence-electron chi connectivity index (χ1n) is 6.43. The Morgan fingerprint density at radius 1 is 1.26 bits per heavy atom. The minimum absolute atomic E-state index is 0.0267. The Morgan fingerprint density at radius 2 is 1.95 bits per heavy atom. The van der Waals surface area contributed by atoms with Crippen LogP contribution in [0.3, 0.4) is 0 Å². The average molecular weight is 368 g/mol. The van der Waals surface area contributed by atoms with Crippen LogP contribution in [0, 0.1) is 10.5 Å². The highest BCUT2D eigenvalue weighted by molar-refractivity contribution is 14.1. The molecule has 2 aromatic rings. The number of aryl methyl sites for hydroxylation is 2. The molecule has 0 saturated carbocycles. The van der Waals surface area contributed by atoms with Crippen molar-refractivity contribution >= 4 is 22.6 Å². The standard InChI is InChI=1S/C15H17IN2O/c1-3-4-12-14(16)15(19)18-13(17-12)9-11-7-5-10(2)6-8-11/h5-8H,3-4,9H2,1-2H3,(H,17,18,19). The first-order chi connectivity index (χ1) is 9.10. The van der Waals surface area contributed by atoms with Crippen LogP contribution in [0.4, 0.5) is 0 Å². The number of hydrogen-bond donors (Lipinski definition) is 1. The zero-order valence-electron chi connectivity index (χ0n) is 11.2. The molecule has 3 nitrogen and oxygen atoms in total. The van der Waals surface area contributed by atoms with Gasteiger partial charge in [-0.1, -0.05) is 43.2 Å². The zero-order chi connectivity index (χ0) is 13.8. The van der Waals surface area contributed by atoms with Gasteiger partial charge in [-0.3, -0.25) is 4.79 Å². The van der Waals surface area contributed by atoms with E-state index in [0.717, 1.165) is 29.9 Å². The van der Waals surface area contributed by atoms with Crippen molar-refractivity contribution in [1.29, 1.82) is 0 Å². The Bertz CT molecular complexity index is 617. The smallest absolute Gasteiger partial charge is 0.264 e. The molecule has 2 rings (SSSR count). The van der Waals surface area contributed by atoms with E-state index in [-0.39, 0.29) is 5.56 Å². The van der Waals surface area contributed by atoms with E-state index >= 15 is 0 Å². The Hall–Kier alpha value is -1.17. The maximum absolute atomic E-state index is 11.9. The highest BCUT2D eigenvalue weighted by atomic mass is 127. The molecular formula is C15H17IN2O. The van der Waals surface area contributed by atoms with Crippen LogP contribution in [-0.4, -0.2) is 9.97 Å². The summed E-state index contributed by atoms with van der Waals surface area (Å²) >= 11 is 2.07. The second kappa shape index (κ2) is 6.32. The van der Waals surface area contributed by atoms with E-state index in [1.165, 1.54) is 5.56 Å². The molecule has 100 valence electrons. The largest absolute Gasteiger partial charge is 0.309 e. The van der Waals surface area contributed by atoms with Crippen molar-refractivity contribution in [3.05, 3.63) is 60.8 Å². The number of nitrogens with zero attached hydrogens (tertiary/aromatic N) is 1. The molecule has 0 aliphatic carbocycles. The van der Waals surface area contributed by atoms with Crippen LogP contribution < -0.4 is 5.56 Å². The summed E-state index contributed by atoms with van der Waals surface area (Å²) in [5.41, 5.74) is 3.28. The molecule has 0 radical (unpaired) electrons. The quantitative estimate of drug-likeness (QED) is 0.843. The van der Waals surface area contributed by atoms with Gasteiger partial charge in [0, 0.05) is 6.42 Å². The summed E-state index contributed by atoms with van der Waals surface area (Å²) in [6, 6.07) is 8.31. The van der Waals surface area contributed by atoms with Crippen LogP contribution in [0.25, 0.3) is 0 Å². The van der Waals surface area contributed by atoms with Gasteiger partial charge in [-0.05, 0) is 41.5 Å². The summed E-state index contributed by atoms with van der Waals surface area (Å²) < 4.78 is 0.715. The van der Waals surface area contributed by atoms with E-state index in [2.05, 4.69) is 70.7 Å². The first kappa shape index (κ1) is 14.2. The summed E-state index contributed by atoms with van der Waals surface area (Å²) in [4.78, 5) is 19.3. The van der Waals surface area contributed by atoms with Crippen molar-refractivity contribution in [3.63, 3.8) is 0 Å². The van der Waals surface area contributed by atoms with Gasteiger partial charge in [0.05, 0.1) is 9.26 Å². The van der Waals surface area contributed by atoms with Gasteiger partial charge in [-0.25, -0.2) is 4.98 Å². The predicted octanol–water partition coefficient (Wildman–Crippen LogP) is 3.23. The molecule has 19 heavy (non-hydrogen) atoms. The number of hydrogen-bond acceptors (Lipinski definition) is 2. The van der Waals surface area contributed by atoms with Gasteiger partial charge in [-0.2, -0.15) is 0 Å². The third-order valence-corrected chi connectivity index (χ3v) is 4.07. The van der Waals surface area contributed by atoms with Crippen molar-refractivity contribution in [2.45, 2.75) is 33.1 Å². The van der Waals surface area contributed by atoms with E-state index in [1.54, 1.807) is 0 Å². The molecule has 0 amide bonds. The van der Waals surface area contributed by atoms with E-state index in [0.29, 0.717) is 9.99 Å². The van der Waals surface area contributed by atoms with E-state index in [4.69, 9.17) is 0 Å². The minimum Gasteiger partial charge on any atom is -0.309 e. The van der Waals surface area contributed by atoms with Gasteiger partial charge in [0.15, 0.2) is 0 Å². The fourth-order valence-corrected chi connectivity index (χ4v) is 2.47. The topological polar surface area (TPSA) is 45.8 Å². The highest BCUT2D eigenvalue weighted by Gasteiger charge is 2.08. The molecule has 0 bridgehead atoms. The molecular weight excluding hydrogens is 351 g/mol. The van der Waals surface area contributed by atoms with Crippen LogP contribution in [0.15, 0.2) is 29.1 Å². The summed E-state index contributed by atoms with van der Waals surface area (Å²) in [7, 11) is 0. The molecule has 1 aromatic heterocycles. The zero-order valence-corrected chi connectivity index (χ0v) is 13.3. The number of nitrogens with one attached hydrogen (secondary N) is 1. The molecule has 1 N–H and O–H groups in total. The molecule has 0 saturated heterocycles. The van der Waals surface area contributed by atoms with Crippen LogP contribution in [0.1, 0.15) is 36.0 Å². The van der Waals surface area contributed by atoms with Crippen LogP contribution >= 0.6 is 22.6 Å². The van der Waals surface area contributed by atoms with Crippen molar-refractivity contribution < 1.29 is 0 Å². The molecule has 0 spiro atoms. The Labute approximate surface area is 126 Å². The molecule has 0 fully saturated rings. The fraction of sp³-hybridized carbons (Fsp3) is 0.333. The monoisotopic (exact) mass is 368 g/mol. The van der Waals surface area contributed by atoms with Crippen molar-refractivity contribution in [1.82, 2.24) is 9.97 Å². The van der Waals surface area contributed by atoms with E-state index in [1.807, 2.05) is 0 Å². The molecule has 1 aromatic carbocycles. The minimum atomic E-state index is -0.0267. The molecule has 0 aliphatic heterocycles. The van der Waals surface area contributed by atoms with Gasteiger partial charge in [0.25, 0.3) is 5.56 Å². The number of aromatic nitrogens is 2. The lowest BCUT2D eigenvalue weighted by Crippen LogP contribution is -2.18. The lowest BCUT2D eigenvalue weighted by atomic mass is 10.1. The van der Waals surface area contributed by atoms with Crippen molar-refractivity contribution in [3.8, 4) is 0 Å². The third kappa shape index (κ3) is 3.65. The number of H-pyrrole nitrogens is 1. The van der Waals surface area contributed by atoms with Gasteiger partial charge >= 0.3 is 0 Å². The lowest BCUT2D eigenvalue weighted by molar-refractivity contribution is 0.822. The summed E-state index contributed by atoms with van der Waals surface area (Å²) in [6.45, 7) is 4.16. The molecule has 0 unspecified atom stereocenters. The van der Waals surface area contributed by atoms with Crippen LogP contribution in [-0.2, 0) is 12.8 Å². The predicted molar refractivity (Wildman–Crippen MR) is 85.6 cm³/mol. The second-order valence-electron chi connectivity index (χ2n) is 4.69. The number of aromatic amines is 1. The Balaban J connectivity index is 2.30. The van der Waals surface area contributed by atoms with Gasteiger partial charge in [-0.15, -0.1) is 0 Å². The number of benzene rings is 1. The van der Waals surface area contributed by atoms with Gasteiger partial charge < -0.3 is 4.98 Å². The SMILES string of the molecule is CCCc1nc(Cc2ccc(C)cc2)[nH]c(=O)c1I. The summed E-state index contributed by atoms with van der Waals surface area (Å²) in [5.74, 6) is 0.748. The molecule has 1 heterocycles. The number of rotatable bonds is 4. The Morgan fingerprint density at radius 3 is 2.58 bits per heavy atom. The first-order valence-corrected chi connectivity index (χ1v) is 7.51. The highest BCUT2D eigenvalue weighted by Crippen LogP contribution is 2.10. The molecule has 0 atom stereocenters. The van der Waals surface area contributed by atoms with E-state index in [9.17, 15) is 4.79 Å². The average Bonchev–Trinajstić information content (AvgIpc) is 2.38. The van der Waals surface area contributed by atoms with Crippen molar-refractivity contribution in [2.75, 3.05) is 0 Å². The summed E-state index contributed by atoms with van der Waals surface area (Å²) in [6.07, 6.45) is 2.52. The summed E-state index contributed by atoms with van der Waals surface area (Å²) in [5, 5.41) is 0. The second-order valence-corrected chi connectivity index (χ2v) is 5.76. The maximum atomic E-state index is 11.9.